The molecular weight excluding hydrogens is 285 g/mol. The normalized spacial score (nSPS) is 18.8. The van der Waals surface area contributed by atoms with Gasteiger partial charge in [0.25, 0.3) is 0 Å². The Labute approximate surface area is 118 Å². The van der Waals surface area contributed by atoms with Gasteiger partial charge >= 0.3 is 6.18 Å². The highest BCUT2D eigenvalue weighted by Crippen LogP contribution is 2.56. The van der Waals surface area contributed by atoms with Gasteiger partial charge in [0.15, 0.2) is 5.01 Å². The lowest BCUT2D eigenvalue weighted by Crippen LogP contribution is -2.25. The van der Waals surface area contributed by atoms with E-state index in [0.29, 0.717) is 16.2 Å². The monoisotopic (exact) mass is 298 g/mol. The first-order valence-corrected chi connectivity index (χ1v) is 7.09. The van der Waals surface area contributed by atoms with Crippen molar-refractivity contribution < 1.29 is 13.2 Å². The van der Waals surface area contributed by atoms with Crippen LogP contribution in [0, 0.1) is 0 Å². The summed E-state index contributed by atoms with van der Waals surface area (Å²) in [5.41, 5.74) is 7.09. The molecule has 0 spiro atoms. The number of alkyl halides is 3. The SMILES string of the molecule is NC(c1cnc(C(F)(F)F)s1)C1(c2ccccc2)CC1. The molecule has 0 aliphatic heterocycles. The number of nitrogens with zero attached hydrogens (tertiary/aromatic N) is 1. The number of hydrogen-bond acceptors (Lipinski definition) is 3. The fourth-order valence-electron chi connectivity index (χ4n) is 2.52. The summed E-state index contributed by atoms with van der Waals surface area (Å²) in [5, 5.41) is -0.827. The maximum atomic E-state index is 12.6. The van der Waals surface area contributed by atoms with E-state index in [1.165, 1.54) is 6.20 Å². The van der Waals surface area contributed by atoms with Gasteiger partial charge < -0.3 is 5.73 Å². The molecule has 1 saturated carbocycles. The average Bonchev–Trinajstić information content (AvgIpc) is 3.07. The minimum atomic E-state index is -4.40. The second-order valence-electron chi connectivity index (χ2n) is 5.07. The van der Waals surface area contributed by atoms with Crippen molar-refractivity contribution in [3.05, 3.63) is 52.0 Å². The maximum Gasteiger partial charge on any atom is 0.443 e. The van der Waals surface area contributed by atoms with Crippen molar-refractivity contribution in [1.29, 1.82) is 0 Å². The van der Waals surface area contributed by atoms with E-state index in [1.54, 1.807) is 0 Å². The summed E-state index contributed by atoms with van der Waals surface area (Å²) in [6.45, 7) is 0. The molecule has 1 aliphatic rings. The van der Waals surface area contributed by atoms with E-state index in [9.17, 15) is 13.2 Å². The van der Waals surface area contributed by atoms with Crippen LogP contribution < -0.4 is 5.73 Å². The molecular formula is C14H13F3N2S. The Morgan fingerprint density at radius 3 is 2.35 bits per heavy atom. The minimum Gasteiger partial charge on any atom is -0.322 e. The van der Waals surface area contributed by atoms with Gasteiger partial charge in [0.05, 0.1) is 6.04 Å². The Hall–Kier alpha value is -1.40. The van der Waals surface area contributed by atoms with Gasteiger partial charge in [-0.05, 0) is 18.4 Å². The molecule has 0 radical (unpaired) electrons. The van der Waals surface area contributed by atoms with Gasteiger partial charge in [0.1, 0.15) is 0 Å². The third-order valence-corrected chi connectivity index (χ3v) is 4.93. The minimum absolute atomic E-state index is 0.226. The van der Waals surface area contributed by atoms with E-state index in [0.717, 1.165) is 18.4 Å². The van der Waals surface area contributed by atoms with Crippen molar-refractivity contribution >= 4 is 11.3 Å². The van der Waals surface area contributed by atoms with Crippen LogP contribution in [-0.4, -0.2) is 4.98 Å². The summed E-state index contributed by atoms with van der Waals surface area (Å²) in [7, 11) is 0. The number of aromatic nitrogens is 1. The third-order valence-electron chi connectivity index (χ3n) is 3.81. The molecule has 1 atom stereocenters. The molecule has 0 saturated heterocycles. The lowest BCUT2D eigenvalue weighted by Gasteiger charge is -2.22. The van der Waals surface area contributed by atoms with E-state index in [1.807, 2.05) is 30.3 Å². The molecule has 1 heterocycles. The van der Waals surface area contributed by atoms with Crippen LogP contribution in [-0.2, 0) is 11.6 Å². The number of halogens is 3. The highest BCUT2D eigenvalue weighted by molar-refractivity contribution is 7.11. The van der Waals surface area contributed by atoms with E-state index >= 15 is 0 Å². The summed E-state index contributed by atoms with van der Waals surface area (Å²) in [6, 6.07) is 9.31. The van der Waals surface area contributed by atoms with Gasteiger partial charge in [-0.2, -0.15) is 13.2 Å². The van der Waals surface area contributed by atoms with Gasteiger partial charge in [0, 0.05) is 16.5 Å². The molecule has 1 unspecified atom stereocenters. The molecule has 1 fully saturated rings. The van der Waals surface area contributed by atoms with Gasteiger partial charge in [0.2, 0.25) is 0 Å². The van der Waals surface area contributed by atoms with Crippen molar-refractivity contribution in [2.24, 2.45) is 5.73 Å². The number of benzene rings is 1. The summed E-state index contributed by atoms with van der Waals surface area (Å²) < 4.78 is 37.8. The third kappa shape index (κ3) is 2.23. The van der Waals surface area contributed by atoms with E-state index in [-0.39, 0.29) is 5.41 Å². The van der Waals surface area contributed by atoms with Crippen molar-refractivity contribution in [2.75, 3.05) is 0 Å². The standard InChI is InChI=1S/C14H13F3N2S/c15-14(16,17)12-19-8-10(20-12)11(18)13(6-7-13)9-4-2-1-3-5-9/h1-5,8,11H,6-7,18H2. The first kappa shape index (κ1) is 13.6. The molecule has 2 N–H and O–H groups in total. The molecule has 2 aromatic rings. The smallest absolute Gasteiger partial charge is 0.322 e. The molecule has 20 heavy (non-hydrogen) atoms. The van der Waals surface area contributed by atoms with E-state index in [2.05, 4.69) is 4.98 Å². The second-order valence-corrected chi connectivity index (χ2v) is 6.13. The van der Waals surface area contributed by atoms with Crippen molar-refractivity contribution in [3.8, 4) is 0 Å². The molecule has 0 amide bonds. The fourth-order valence-corrected chi connectivity index (χ4v) is 3.42. The zero-order chi connectivity index (χ0) is 14.4. The van der Waals surface area contributed by atoms with Gasteiger partial charge in [-0.15, -0.1) is 11.3 Å². The fraction of sp³-hybridized carbons (Fsp3) is 0.357. The van der Waals surface area contributed by atoms with Crippen LogP contribution in [0.2, 0.25) is 0 Å². The second kappa shape index (κ2) is 4.56. The van der Waals surface area contributed by atoms with E-state index < -0.39 is 17.2 Å². The van der Waals surface area contributed by atoms with Crippen molar-refractivity contribution in [2.45, 2.75) is 30.5 Å². The Kier molecular flexibility index (Phi) is 3.10. The predicted molar refractivity (Wildman–Crippen MR) is 71.4 cm³/mol. The van der Waals surface area contributed by atoms with Crippen LogP contribution in [0.15, 0.2) is 36.5 Å². The highest BCUT2D eigenvalue weighted by Gasteiger charge is 2.50. The molecule has 2 nitrogen and oxygen atoms in total. The maximum absolute atomic E-state index is 12.6. The van der Waals surface area contributed by atoms with E-state index in [4.69, 9.17) is 5.73 Å². The molecule has 3 rings (SSSR count). The lowest BCUT2D eigenvalue weighted by atomic mass is 9.88. The first-order valence-electron chi connectivity index (χ1n) is 6.27. The summed E-state index contributed by atoms with van der Waals surface area (Å²) in [5.74, 6) is 0. The average molecular weight is 298 g/mol. The molecule has 0 bridgehead atoms. The summed E-state index contributed by atoms with van der Waals surface area (Å²) >= 11 is 0.648. The van der Waals surface area contributed by atoms with Crippen LogP contribution in [0.4, 0.5) is 13.2 Å². The molecule has 6 heteroatoms. The van der Waals surface area contributed by atoms with Crippen LogP contribution in [0.5, 0.6) is 0 Å². The number of rotatable bonds is 3. The Bertz CT molecular complexity index is 602. The van der Waals surface area contributed by atoms with Crippen molar-refractivity contribution in [3.63, 3.8) is 0 Å². The summed E-state index contributed by atoms with van der Waals surface area (Å²) in [6.07, 6.45) is -1.33. The highest BCUT2D eigenvalue weighted by atomic mass is 32.1. The number of nitrogens with two attached hydrogens (primary N) is 1. The van der Waals surface area contributed by atoms with Gasteiger partial charge in [-0.25, -0.2) is 4.98 Å². The van der Waals surface area contributed by atoms with Gasteiger partial charge in [-0.1, -0.05) is 30.3 Å². The quantitative estimate of drug-likeness (QED) is 0.933. The summed E-state index contributed by atoms with van der Waals surface area (Å²) in [4.78, 5) is 3.96. The van der Waals surface area contributed by atoms with Crippen LogP contribution in [0.3, 0.4) is 0 Å². The van der Waals surface area contributed by atoms with Gasteiger partial charge in [-0.3, -0.25) is 0 Å². The molecule has 1 aromatic heterocycles. The molecule has 1 aromatic carbocycles. The Morgan fingerprint density at radius 2 is 1.85 bits per heavy atom. The molecule has 106 valence electrons. The van der Waals surface area contributed by atoms with Crippen LogP contribution >= 0.6 is 11.3 Å². The zero-order valence-corrected chi connectivity index (χ0v) is 11.3. The number of hydrogen-bond donors (Lipinski definition) is 1. The predicted octanol–water partition coefficient (Wildman–Crippen LogP) is 3.89. The Balaban J connectivity index is 1.90. The largest absolute Gasteiger partial charge is 0.443 e. The molecule has 1 aliphatic carbocycles. The first-order chi connectivity index (χ1) is 9.43. The number of thiazole rings is 1. The lowest BCUT2D eigenvalue weighted by molar-refractivity contribution is -0.137. The topological polar surface area (TPSA) is 38.9 Å². The van der Waals surface area contributed by atoms with Crippen LogP contribution in [0.1, 0.15) is 34.3 Å². The van der Waals surface area contributed by atoms with Crippen LogP contribution in [0.25, 0.3) is 0 Å². The zero-order valence-electron chi connectivity index (χ0n) is 10.5. The Morgan fingerprint density at radius 1 is 1.20 bits per heavy atom. The van der Waals surface area contributed by atoms with Crippen molar-refractivity contribution in [1.82, 2.24) is 4.98 Å².